The summed E-state index contributed by atoms with van der Waals surface area (Å²) in [5.74, 6) is 0.458. The van der Waals surface area contributed by atoms with Crippen LogP contribution in [0.3, 0.4) is 0 Å². The van der Waals surface area contributed by atoms with E-state index < -0.39 is 5.91 Å². The van der Waals surface area contributed by atoms with E-state index in [1.165, 1.54) is 24.5 Å². The number of rotatable bonds is 7. The molecular weight excluding hydrogens is 538 g/mol. The van der Waals surface area contributed by atoms with E-state index in [0.717, 1.165) is 47.3 Å². The lowest BCUT2D eigenvalue weighted by molar-refractivity contribution is -0.112. The fourth-order valence-corrected chi connectivity index (χ4v) is 5.82. The average molecular weight is 562 g/mol. The summed E-state index contributed by atoms with van der Waals surface area (Å²) in [6, 6.07) is 15.7. The Labute approximate surface area is 222 Å². The highest BCUT2D eigenvalue weighted by atomic mass is 79.9. The molecule has 2 aromatic carbocycles. The van der Waals surface area contributed by atoms with Crippen molar-refractivity contribution in [1.82, 2.24) is 0 Å². The maximum Gasteiger partial charge on any atom is 0.266 e. The highest BCUT2D eigenvalue weighted by Crippen LogP contribution is 2.38. The molecule has 0 atom stereocenters. The fourth-order valence-electron chi connectivity index (χ4n) is 4.14. The molecule has 36 heavy (non-hydrogen) atoms. The van der Waals surface area contributed by atoms with Crippen LogP contribution in [0, 0.1) is 29.6 Å². The largest absolute Gasteiger partial charge is 0.493 e. The molecule has 182 valence electrons. The van der Waals surface area contributed by atoms with E-state index in [-0.39, 0.29) is 5.57 Å². The number of methoxy groups -OCH3 is 1. The molecule has 0 radical (unpaired) electrons. The van der Waals surface area contributed by atoms with Gasteiger partial charge in [-0.05, 0) is 67.5 Å². The molecule has 0 bridgehead atoms. The molecule has 0 spiro atoms. The second-order valence-electron chi connectivity index (χ2n) is 8.45. The van der Waals surface area contributed by atoms with Crippen molar-refractivity contribution in [1.29, 1.82) is 10.5 Å². The number of nitrogens with zero attached hydrogens (tertiary/aromatic N) is 2. The number of thiophene rings is 1. The lowest BCUT2D eigenvalue weighted by atomic mass is 9.96. The maximum atomic E-state index is 13.0. The van der Waals surface area contributed by atoms with Crippen LogP contribution < -0.4 is 14.8 Å². The number of fused-ring (bicyclic) bond motifs is 1. The first kappa shape index (κ1) is 25.5. The summed E-state index contributed by atoms with van der Waals surface area (Å²) in [7, 11) is 1.54. The minimum atomic E-state index is -0.557. The van der Waals surface area contributed by atoms with E-state index in [1.807, 2.05) is 31.2 Å². The molecule has 6 nitrogen and oxygen atoms in total. The van der Waals surface area contributed by atoms with E-state index in [4.69, 9.17) is 9.47 Å². The van der Waals surface area contributed by atoms with Crippen molar-refractivity contribution in [2.75, 3.05) is 12.4 Å². The maximum absolute atomic E-state index is 13.0. The van der Waals surface area contributed by atoms with Gasteiger partial charge < -0.3 is 14.8 Å². The third kappa shape index (κ3) is 5.62. The highest BCUT2D eigenvalue weighted by molar-refractivity contribution is 9.10. The lowest BCUT2D eigenvalue weighted by Gasteiger charge is -2.13. The molecule has 1 aliphatic carbocycles. The van der Waals surface area contributed by atoms with Gasteiger partial charge >= 0.3 is 0 Å². The van der Waals surface area contributed by atoms with Crippen molar-refractivity contribution in [2.24, 2.45) is 0 Å². The van der Waals surface area contributed by atoms with Gasteiger partial charge in [-0.25, -0.2) is 0 Å². The molecule has 1 aromatic heterocycles. The standard InChI is InChI=1S/C28H24BrN3O3S/c1-17-6-5-7-18(10-17)16-35-25-13-23(29)19(12-24(25)34-2)11-20(14-30)27(33)32-28-22(15-31)21-8-3-4-9-26(21)36-28/h5-7,10-13H,3-4,8-9,16H2,1-2H3,(H,32,33)/b20-11+. The number of benzene rings is 2. The first-order chi connectivity index (χ1) is 17.4. The number of aryl methyl sites for hydroxylation is 2. The van der Waals surface area contributed by atoms with Crippen molar-refractivity contribution in [3.05, 3.63) is 79.1 Å². The second kappa shape index (κ2) is 11.4. The summed E-state index contributed by atoms with van der Waals surface area (Å²) in [5, 5.41) is 22.7. The monoisotopic (exact) mass is 561 g/mol. The minimum Gasteiger partial charge on any atom is -0.493 e. The van der Waals surface area contributed by atoms with Crippen molar-refractivity contribution in [3.63, 3.8) is 0 Å². The molecule has 0 saturated carbocycles. The van der Waals surface area contributed by atoms with Gasteiger partial charge in [0, 0.05) is 9.35 Å². The molecule has 0 saturated heterocycles. The summed E-state index contributed by atoms with van der Waals surface area (Å²) >= 11 is 4.95. The SMILES string of the molecule is COc1cc(/C=C(\C#N)C(=O)Nc2sc3c(c2C#N)CCCC3)c(Br)cc1OCc1cccc(C)c1. The zero-order chi connectivity index (χ0) is 25.7. The third-order valence-corrected chi connectivity index (χ3v) is 7.83. The molecule has 8 heteroatoms. The highest BCUT2D eigenvalue weighted by Gasteiger charge is 2.23. The van der Waals surface area contributed by atoms with E-state index in [2.05, 4.69) is 33.4 Å². The van der Waals surface area contributed by atoms with Gasteiger partial charge in [0.1, 0.15) is 29.3 Å². The Balaban J connectivity index is 1.56. The number of carbonyl (C=O) groups is 1. The molecule has 1 amide bonds. The van der Waals surface area contributed by atoms with Crippen LogP contribution in [0.15, 0.2) is 46.4 Å². The third-order valence-electron chi connectivity index (χ3n) is 5.93. The predicted molar refractivity (Wildman–Crippen MR) is 144 cm³/mol. The van der Waals surface area contributed by atoms with Crippen molar-refractivity contribution in [3.8, 4) is 23.6 Å². The zero-order valence-electron chi connectivity index (χ0n) is 20.0. The molecule has 1 aliphatic rings. The smallest absolute Gasteiger partial charge is 0.266 e. The minimum absolute atomic E-state index is 0.0820. The normalized spacial score (nSPS) is 12.8. The molecule has 3 aromatic rings. The number of carbonyl (C=O) groups excluding carboxylic acids is 1. The molecule has 1 N–H and O–H groups in total. The Hall–Kier alpha value is -3.59. The number of halogens is 1. The lowest BCUT2D eigenvalue weighted by Crippen LogP contribution is -2.13. The molecule has 0 unspecified atom stereocenters. The topological polar surface area (TPSA) is 95.1 Å². The number of amides is 1. The number of hydrogen-bond donors (Lipinski definition) is 1. The summed E-state index contributed by atoms with van der Waals surface area (Å²) in [5.41, 5.74) is 4.23. The van der Waals surface area contributed by atoms with Gasteiger partial charge in [-0.1, -0.05) is 45.8 Å². The Morgan fingerprint density at radius 2 is 2.00 bits per heavy atom. The van der Waals surface area contributed by atoms with E-state index in [1.54, 1.807) is 12.1 Å². The predicted octanol–water partition coefficient (Wildman–Crippen LogP) is 6.70. The number of hydrogen-bond acceptors (Lipinski definition) is 6. The summed E-state index contributed by atoms with van der Waals surface area (Å²) in [4.78, 5) is 14.1. The van der Waals surface area contributed by atoms with Gasteiger partial charge in [0.25, 0.3) is 5.91 Å². The van der Waals surface area contributed by atoms with E-state index in [0.29, 0.717) is 38.7 Å². The van der Waals surface area contributed by atoms with Crippen LogP contribution in [0.25, 0.3) is 6.08 Å². The Morgan fingerprint density at radius 3 is 2.72 bits per heavy atom. The second-order valence-corrected chi connectivity index (χ2v) is 10.4. The van der Waals surface area contributed by atoms with Crippen LogP contribution in [0.4, 0.5) is 5.00 Å². The summed E-state index contributed by atoms with van der Waals surface area (Å²) in [6.07, 6.45) is 5.37. The van der Waals surface area contributed by atoms with Gasteiger partial charge in [0.2, 0.25) is 0 Å². The molecule has 0 fully saturated rings. The van der Waals surface area contributed by atoms with Gasteiger partial charge in [0.15, 0.2) is 11.5 Å². The van der Waals surface area contributed by atoms with Crippen LogP contribution >= 0.6 is 27.3 Å². The van der Waals surface area contributed by atoms with Gasteiger partial charge in [-0.2, -0.15) is 10.5 Å². The van der Waals surface area contributed by atoms with E-state index in [9.17, 15) is 15.3 Å². The van der Waals surface area contributed by atoms with Gasteiger partial charge in [-0.3, -0.25) is 4.79 Å². The molecule has 1 heterocycles. The van der Waals surface area contributed by atoms with Crippen LogP contribution in [0.2, 0.25) is 0 Å². The number of anilines is 1. The zero-order valence-corrected chi connectivity index (χ0v) is 22.4. The summed E-state index contributed by atoms with van der Waals surface area (Å²) < 4.78 is 12.1. The number of ether oxygens (including phenoxy) is 2. The van der Waals surface area contributed by atoms with Crippen LogP contribution in [0.1, 0.15) is 45.5 Å². The Bertz CT molecular complexity index is 1430. The van der Waals surface area contributed by atoms with Crippen LogP contribution in [0.5, 0.6) is 11.5 Å². The summed E-state index contributed by atoms with van der Waals surface area (Å²) in [6.45, 7) is 2.40. The Morgan fingerprint density at radius 1 is 1.19 bits per heavy atom. The first-order valence-corrected chi connectivity index (χ1v) is 13.1. The first-order valence-electron chi connectivity index (χ1n) is 11.5. The van der Waals surface area contributed by atoms with Crippen LogP contribution in [-0.2, 0) is 24.2 Å². The number of nitriles is 2. The van der Waals surface area contributed by atoms with Crippen molar-refractivity contribution in [2.45, 2.75) is 39.2 Å². The molecular formula is C28H24BrN3O3S. The molecule has 4 rings (SSSR count). The van der Waals surface area contributed by atoms with Crippen molar-refractivity contribution < 1.29 is 14.3 Å². The van der Waals surface area contributed by atoms with Crippen molar-refractivity contribution >= 4 is 44.3 Å². The van der Waals surface area contributed by atoms with Gasteiger partial charge in [0.05, 0.1) is 12.7 Å². The van der Waals surface area contributed by atoms with Crippen LogP contribution in [-0.4, -0.2) is 13.0 Å². The van der Waals surface area contributed by atoms with Gasteiger partial charge in [-0.15, -0.1) is 11.3 Å². The Kier molecular flexibility index (Phi) is 8.10. The average Bonchev–Trinajstić information content (AvgIpc) is 3.23. The number of nitrogens with one attached hydrogen (secondary N) is 1. The van der Waals surface area contributed by atoms with E-state index >= 15 is 0 Å². The quantitative estimate of drug-likeness (QED) is 0.255. The fraction of sp³-hybridized carbons (Fsp3) is 0.250. The molecule has 0 aliphatic heterocycles.